The number of carbonyl (C=O) groups is 2. The van der Waals surface area contributed by atoms with Crippen LogP contribution in [0.3, 0.4) is 0 Å². The van der Waals surface area contributed by atoms with Crippen molar-refractivity contribution in [1.29, 1.82) is 0 Å². The molecule has 0 bridgehead atoms. The first-order valence-corrected chi connectivity index (χ1v) is 14.0. The smallest absolute Gasteiger partial charge is 0.268 e. The zero-order valence-corrected chi connectivity index (χ0v) is 23.0. The minimum Gasteiger partial charge on any atom is -0.497 e. The third-order valence-electron chi connectivity index (χ3n) is 7.19. The summed E-state index contributed by atoms with van der Waals surface area (Å²) in [6.07, 6.45) is 3.95. The summed E-state index contributed by atoms with van der Waals surface area (Å²) in [5, 5.41) is 3.19. The van der Waals surface area contributed by atoms with E-state index in [1.807, 2.05) is 42.5 Å². The predicted octanol–water partition coefficient (Wildman–Crippen LogP) is 5.98. The number of hydrogen-bond donors (Lipinski definition) is 2. The molecular formula is C31H31FN4O3S. The Morgan fingerprint density at radius 1 is 1.05 bits per heavy atom. The molecule has 1 atom stereocenters. The van der Waals surface area contributed by atoms with Gasteiger partial charge in [-0.05, 0) is 71.9 Å². The van der Waals surface area contributed by atoms with Crippen molar-refractivity contribution < 1.29 is 18.7 Å². The quantitative estimate of drug-likeness (QED) is 0.263. The zero-order chi connectivity index (χ0) is 28.1. The molecule has 1 heterocycles. The van der Waals surface area contributed by atoms with E-state index in [2.05, 4.69) is 9.69 Å². The van der Waals surface area contributed by atoms with Crippen LogP contribution in [0.15, 0.2) is 78.9 Å². The Bertz CT molecular complexity index is 1450. The average molecular weight is 559 g/mol. The van der Waals surface area contributed by atoms with Crippen LogP contribution >= 0.6 is 11.5 Å². The van der Waals surface area contributed by atoms with Gasteiger partial charge in [0, 0.05) is 18.2 Å². The van der Waals surface area contributed by atoms with Crippen molar-refractivity contribution in [1.82, 2.24) is 14.6 Å². The summed E-state index contributed by atoms with van der Waals surface area (Å²) in [6.45, 7) is 0.178. The van der Waals surface area contributed by atoms with Crippen molar-refractivity contribution in [2.75, 3.05) is 12.8 Å². The lowest BCUT2D eigenvalue weighted by molar-refractivity contribution is -0.126. The average Bonchev–Trinajstić information content (AvgIpc) is 3.63. The number of hydrogen-bond acceptors (Lipinski definition) is 6. The van der Waals surface area contributed by atoms with Crippen LogP contribution in [-0.2, 0) is 11.3 Å². The molecule has 4 aromatic rings. The number of nitrogens with one attached hydrogen (secondary N) is 1. The molecule has 7 nitrogen and oxygen atoms in total. The van der Waals surface area contributed by atoms with Gasteiger partial charge in [-0.3, -0.25) is 9.59 Å². The fraction of sp³-hybridized carbons (Fsp3) is 0.258. The van der Waals surface area contributed by atoms with Crippen molar-refractivity contribution in [2.24, 2.45) is 0 Å². The molecule has 0 aliphatic heterocycles. The molecule has 1 aliphatic carbocycles. The summed E-state index contributed by atoms with van der Waals surface area (Å²) in [5.74, 6) is -0.383. The van der Waals surface area contributed by atoms with Gasteiger partial charge in [0.2, 0.25) is 5.91 Å². The zero-order valence-electron chi connectivity index (χ0n) is 22.2. The maximum atomic E-state index is 14.3. The summed E-state index contributed by atoms with van der Waals surface area (Å²) in [5.41, 5.74) is 9.21. The highest BCUT2D eigenvalue weighted by Gasteiger charge is 2.35. The Kier molecular flexibility index (Phi) is 8.40. The molecule has 1 aliphatic rings. The Morgan fingerprint density at radius 2 is 1.73 bits per heavy atom. The van der Waals surface area contributed by atoms with E-state index in [0.717, 1.165) is 42.8 Å². The molecule has 0 spiro atoms. The highest BCUT2D eigenvalue weighted by atomic mass is 32.1. The molecule has 0 radical (unpaired) electrons. The van der Waals surface area contributed by atoms with E-state index in [4.69, 9.17) is 10.5 Å². The monoisotopic (exact) mass is 558 g/mol. The van der Waals surface area contributed by atoms with Gasteiger partial charge in [-0.15, -0.1) is 0 Å². The van der Waals surface area contributed by atoms with Gasteiger partial charge in [-0.2, -0.15) is 4.37 Å². The molecule has 3 aromatic carbocycles. The standard InChI is InChI=1S/C31H31FN4O3S/c1-39-25-17-13-22(14-18-25)28(30(37)34-24-9-5-6-10-24)36(19-20-7-3-2-4-8-20)31(38)29-26(33)27(35-40-29)21-11-15-23(32)16-12-21/h2-4,7-8,11-18,24,28H,5-6,9-10,19,33H2,1H3,(H,34,37)/t28-/m0/s1. The maximum Gasteiger partial charge on any atom is 0.268 e. The van der Waals surface area contributed by atoms with Crippen LogP contribution in [-0.4, -0.2) is 34.2 Å². The summed E-state index contributed by atoms with van der Waals surface area (Å²) >= 11 is 0.974. The second-order valence-corrected chi connectivity index (χ2v) is 10.6. The molecule has 0 unspecified atom stereocenters. The molecule has 2 amide bonds. The molecule has 9 heteroatoms. The largest absolute Gasteiger partial charge is 0.497 e. The fourth-order valence-electron chi connectivity index (χ4n) is 5.07. The molecule has 3 N–H and O–H groups in total. The molecule has 1 aromatic heterocycles. The van der Waals surface area contributed by atoms with Gasteiger partial charge in [0.15, 0.2) is 0 Å². The van der Waals surface area contributed by atoms with Crippen molar-refractivity contribution in [2.45, 2.75) is 44.3 Å². The number of carbonyl (C=O) groups excluding carboxylic acids is 2. The maximum absolute atomic E-state index is 14.3. The van der Waals surface area contributed by atoms with Gasteiger partial charge < -0.3 is 20.7 Å². The lowest BCUT2D eigenvalue weighted by atomic mass is 10.0. The highest BCUT2D eigenvalue weighted by Crippen LogP contribution is 2.35. The second-order valence-electron chi connectivity index (χ2n) is 9.87. The van der Waals surface area contributed by atoms with E-state index in [1.54, 1.807) is 36.3 Å². The summed E-state index contributed by atoms with van der Waals surface area (Å²) in [4.78, 5) is 30.0. The van der Waals surface area contributed by atoms with Crippen molar-refractivity contribution in [3.8, 4) is 17.0 Å². The summed E-state index contributed by atoms with van der Waals surface area (Å²) in [7, 11) is 1.58. The molecule has 1 fully saturated rings. The van der Waals surface area contributed by atoms with Gasteiger partial charge in [0.1, 0.15) is 28.2 Å². The Balaban J connectivity index is 1.56. The highest BCUT2D eigenvalue weighted by molar-refractivity contribution is 7.09. The van der Waals surface area contributed by atoms with Crippen LogP contribution in [0.5, 0.6) is 5.75 Å². The topological polar surface area (TPSA) is 97.5 Å². The molecule has 40 heavy (non-hydrogen) atoms. The van der Waals surface area contributed by atoms with Gasteiger partial charge in [0.05, 0.1) is 12.8 Å². The number of halogens is 1. The number of nitrogens with two attached hydrogens (primary N) is 1. The number of nitrogens with zero attached hydrogens (tertiary/aromatic N) is 2. The minimum atomic E-state index is -0.921. The Labute approximate surface area is 236 Å². The second kappa shape index (κ2) is 12.3. The molecule has 206 valence electrons. The Morgan fingerprint density at radius 3 is 2.38 bits per heavy atom. The Hall–Kier alpha value is -4.24. The van der Waals surface area contributed by atoms with Crippen molar-refractivity contribution >= 4 is 29.0 Å². The lowest BCUT2D eigenvalue weighted by Crippen LogP contribution is -2.45. The first-order valence-electron chi connectivity index (χ1n) is 13.2. The van der Waals surface area contributed by atoms with E-state index < -0.39 is 11.9 Å². The fourth-order valence-corrected chi connectivity index (χ4v) is 5.84. The van der Waals surface area contributed by atoms with E-state index in [-0.39, 0.29) is 34.9 Å². The van der Waals surface area contributed by atoms with E-state index in [9.17, 15) is 14.0 Å². The number of ether oxygens (including phenoxy) is 1. The number of methoxy groups -OCH3 is 1. The molecule has 0 saturated heterocycles. The van der Waals surface area contributed by atoms with Crippen LogP contribution in [0.2, 0.25) is 0 Å². The number of rotatable bonds is 9. The third-order valence-corrected chi connectivity index (χ3v) is 8.04. The lowest BCUT2D eigenvalue weighted by Gasteiger charge is -2.32. The third kappa shape index (κ3) is 5.99. The first-order chi connectivity index (χ1) is 19.4. The minimum absolute atomic E-state index is 0.0699. The van der Waals surface area contributed by atoms with Crippen LogP contribution in [0.4, 0.5) is 10.1 Å². The van der Waals surface area contributed by atoms with Gasteiger partial charge >= 0.3 is 0 Å². The molecular weight excluding hydrogens is 527 g/mol. The number of aromatic nitrogens is 1. The summed E-state index contributed by atoms with van der Waals surface area (Å²) < 4.78 is 23.3. The molecule has 5 rings (SSSR count). The van der Waals surface area contributed by atoms with Crippen LogP contribution in [0.1, 0.15) is 52.5 Å². The van der Waals surface area contributed by atoms with E-state index >= 15 is 0 Å². The number of nitrogen functional groups attached to an aromatic ring is 1. The summed E-state index contributed by atoms with van der Waals surface area (Å²) in [6, 6.07) is 21.7. The normalized spacial score (nSPS) is 14.1. The van der Waals surface area contributed by atoms with Gasteiger partial charge in [-0.1, -0.05) is 55.3 Å². The van der Waals surface area contributed by atoms with Crippen molar-refractivity contribution in [3.05, 3.63) is 101 Å². The number of anilines is 1. The van der Waals surface area contributed by atoms with Crippen molar-refractivity contribution in [3.63, 3.8) is 0 Å². The first kappa shape index (κ1) is 27.3. The van der Waals surface area contributed by atoms with E-state index in [1.165, 1.54) is 12.1 Å². The number of benzene rings is 3. The van der Waals surface area contributed by atoms with Crippen LogP contribution in [0.25, 0.3) is 11.3 Å². The van der Waals surface area contributed by atoms with E-state index in [0.29, 0.717) is 22.6 Å². The van der Waals surface area contributed by atoms with Crippen LogP contribution < -0.4 is 15.8 Å². The number of amides is 2. The molecule has 1 saturated carbocycles. The van der Waals surface area contributed by atoms with Crippen LogP contribution in [0, 0.1) is 5.82 Å². The SMILES string of the molecule is COc1ccc([C@@H](C(=O)NC2CCCC2)N(Cc2ccccc2)C(=O)c2snc(-c3ccc(F)cc3)c2N)cc1. The van der Waals surface area contributed by atoms with Gasteiger partial charge in [-0.25, -0.2) is 4.39 Å². The predicted molar refractivity (Wildman–Crippen MR) is 154 cm³/mol. The van der Waals surface area contributed by atoms with Gasteiger partial charge in [0.25, 0.3) is 5.91 Å².